The Balaban J connectivity index is 1.89. The summed E-state index contributed by atoms with van der Waals surface area (Å²) in [5.41, 5.74) is 6.88. The Morgan fingerprint density at radius 2 is 1.94 bits per heavy atom. The number of nitrogens with zero attached hydrogens (tertiary/aromatic N) is 3. The fraction of sp³-hybridized carbons (Fsp3) is 0.0455. The number of hydrogen-bond acceptors (Lipinski definition) is 7. The first-order valence-corrected chi connectivity index (χ1v) is 12.0. The highest BCUT2D eigenvalue weighted by Crippen LogP contribution is 2.44. The molecule has 0 aliphatic heterocycles. The quantitative estimate of drug-likeness (QED) is 0.203. The Morgan fingerprint density at radius 3 is 2.66 bits per heavy atom. The molecule has 0 aliphatic rings. The Labute approximate surface area is 200 Å². The molecule has 3 N–H and O–H groups in total. The number of phenolic OH excluding ortho intramolecular Hbond substituents is 1. The first-order chi connectivity index (χ1) is 15.4. The van der Waals surface area contributed by atoms with E-state index >= 15 is 4.39 Å². The summed E-state index contributed by atoms with van der Waals surface area (Å²) >= 11 is 15.6. The predicted molar refractivity (Wildman–Crippen MR) is 131 cm³/mol. The number of fused-ring (bicyclic) bond motifs is 2. The number of nitrogens with two attached hydrogens (primary N) is 1. The molecule has 32 heavy (non-hydrogen) atoms. The first kappa shape index (κ1) is 21.2. The molecule has 5 aromatic rings. The monoisotopic (exact) mass is 502 g/mol. The van der Waals surface area contributed by atoms with Crippen molar-refractivity contribution in [3.05, 3.63) is 58.5 Å². The minimum atomic E-state index is -0.629. The molecule has 0 amide bonds. The minimum absolute atomic E-state index is 0.0290. The van der Waals surface area contributed by atoms with Crippen LogP contribution in [0.15, 0.2) is 47.8 Å². The van der Waals surface area contributed by atoms with Gasteiger partial charge in [-0.15, -0.1) is 0 Å². The molecule has 0 spiro atoms. The summed E-state index contributed by atoms with van der Waals surface area (Å²) in [6, 6.07) is 9.90. The van der Waals surface area contributed by atoms with E-state index in [9.17, 15) is 5.11 Å². The van der Waals surface area contributed by atoms with Crippen LogP contribution >= 0.6 is 46.3 Å². The number of rotatable bonds is 3. The Hall–Kier alpha value is -2.65. The molecule has 160 valence electrons. The fourth-order valence-corrected chi connectivity index (χ4v) is 5.29. The summed E-state index contributed by atoms with van der Waals surface area (Å²) in [5.74, 6) is -0.658. The van der Waals surface area contributed by atoms with Gasteiger partial charge in [-0.05, 0) is 41.5 Å². The van der Waals surface area contributed by atoms with Crippen LogP contribution in [0.3, 0.4) is 0 Å². The SMILES string of the molecule is CSc1nc(-c2cnc(N)s2)c2cc(Cl)c(-c3cc(O)cc4cccc(Cl)c34)c(F)c2n1. The van der Waals surface area contributed by atoms with E-state index in [0.717, 1.165) is 0 Å². The van der Waals surface area contributed by atoms with E-state index in [-0.39, 0.29) is 21.9 Å². The third-order valence-electron chi connectivity index (χ3n) is 4.98. The van der Waals surface area contributed by atoms with Crippen LogP contribution in [-0.4, -0.2) is 26.3 Å². The van der Waals surface area contributed by atoms with Gasteiger partial charge in [-0.25, -0.2) is 19.3 Å². The molecule has 0 saturated heterocycles. The molecule has 5 nitrogen and oxygen atoms in total. The number of hydrogen-bond donors (Lipinski definition) is 2. The molecule has 0 radical (unpaired) electrons. The Bertz CT molecular complexity index is 1540. The van der Waals surface area contributed by atoms with Crippen molar-refractivity contribution in [2.75, 3.05) is 12.0 Å². The summed E-state index contributed by atoms with van der Waals surface area (Å²) in [6.45, 7) is 0. The lowest BCUT2D eigenvalue weighted by Gasteiger charge is -2.15. The zero-order valence-corrected chi connectivity index (χ0v) is 19.5. The Kier molecular flexibility index (Phi) is 5.33. The summed E-state index contributed by atoms with van der Waals surface area (Å²) < 4.78 is 16.1. The first-order valence-electron chi connectivity index (χ1n) is 9.24. The zero-order valence-electron chi connectivity index (χ0n) is 16.4. The predicted octanol–water partition coefficient (Wildman–Crippen LogP) is 7.03. The fourth-order valence-electron chi connectivity index (χ4n) is 3.66. The van der Waals surface area contributed by atoms with Crippen LogP contribution < -0.4 is 5.73 Å². The van der Waals surface area contributed by atoms with E-state index in [2.05, 4.69) is 15.0 Å². The standard InChI is InChI=1S/C22H13Cl2FN4OS2/c1-31-22-28-19(15-8-27-21(26)32-15)12-7-14(24)17(18(25)20(12)29-22)11-6-10(30)5-9-3-2-4-13(23)16(9)11/h2-8,30H,1H3,(H2,26,27). The van der Waals surface area contributed by atoms with Gasteiger partial charge in [0.2, 0.25) is 0 Å². The van der Waals surface area contributed by atoms with Crippen molar-refractivity contribution in [1.82, 2.24) is 15.0 Å². The highest BCUT2D eigenvalue weighted by Gasteiger charge is 2.23. The molecule has 0 atom stereocenters. The number of benzene rings is 3. The van der Waals surface area contributed by atoms with Gasteiger partial charge in [-0.1, -0.05) is 58.4 Å². The van der Waals surface area contributed by atoms with Gasteiger partial charge in [0.05, 0.1) is 15.6 Å². The number of thioether (sulfide) groups is 1. The second-order valence-electron chi connectivity index (χ2n) is 6.90. The largest absolute Gasteiger partial charge is 0.508 e. The number of aromatic hydroxyl groups is 1. The third kappa shape index (κ3) is 3.44. The molecule has 0 bridgehead atoms. The van der Waals surface area contributed by atoms with Crippen molar-refractivity contribution in [3.8, 4) is 27.4 Å². The maximum Gasteiger partial charge on any atom is 0.188 e. The van der Waals surface area contributed by atoms with Crippen LogP contribution in [0, 0.1) is 5.82 Å². The van der Waals surface area contributed by atoms with Gasteiger partial charge in [0.15, 0.2) is 16.1 Å². The maximum atomic E-state index is 16.1. The molecule has 2 heterocycles. The summed E-state index contributed by atoms with van der Waals surface area (Å²) in [4.78, 5) is 13.7. The highest BCUT2D eigenvalue weighted by atomic mass is 35.5. The van der Waals surface area contributed by atoms with Gasteiger partial charge < -0.3 is 10.8 Å². The number of anilines is 1. The van der Waals surface area contributed by atoms with Crippen LogP contribution in [0.1, 0.15) is 0 Å². The van der Waals surface area contributed by atoms with Crippen molar-refractivity contribution in [1.29, 1.82) is 0 Å². The van der Waals surface area contributed by atoms with E-state index in [1.807, 2.05) is 6.26 Å². The second kappa shape index (κ2) is 8.04. The molecule has 2 aromatic heterocycles. The third-order valence-corrected chi connectivity index (χ3v) is 6.98. The number of thiazole rings is 1. The van der Waals surface area contributed by atoms with Crippen molar-refractivity contribution < 1.29 is 9.50 Å². The van der Waals surface area contributed by atoms with Gasteiger partial charge in [-0.3, -0.25) is 0 Å². The van der Waals surface area contributed by atoms with Gasteiger partial charge in [-0.2, -0.15) is 0 Å². The molecule has 0 aliphatic carbocycles. The minimum Gasteiger partial charge on any atom is -0.508 e. The van der Waals surface area contributed by atoms with Gasteiger partial charge in [0.1, 0.15) is 11.3 Å². The van der Waals surface area contributed by atoms with E-state index in [1.165, 1.54) is 29.2 Å². The maximum absolute atomic E-state index is 16.1. The van der Waals surface area contributed by atoms with Crippen molar-refractivity contribution in [2.45, 2.75) is 5.16 Å². The summed E-state index contributed by atoms with van der Waals surface area (Å²) in [6.07, 6.45) is 3.40. The smallest absolute Gasteiger partial charge is 0.188 e. The van der Waals surface area contributed by atoms with Gasteiger partial charge in [0.25, 0.3) is 0 Å². The van der Waals surface area contributed by atoms with Crippen LogP contribution in [-0.2, 0) is 0 Å². The normalized spacial score (nSPS) is 11.5. The molecule has 5 rings (SSSR count). The summed E-state index contributed by atoms with van der Waals surface area (Å²) in [7, 11) is 0. The molecular formula is C22H13Cl2FN4OS2. The zero-order chi connectivity index (χ0) is 22.6. The second-order valence-corrected chi connectivity index (χ2v) is 9.55. The number of phenols is 1. The Morgan fingerprint density at radius 1 is 1.12 bits per heavy atom. The van der Waals surface area contributed by atoms with Crippen LogP contribution in [0.2, 0.25) is 10.0 Å². The average Bonchev–Trinajstić information content (AvgIpc) is 3.19. The van der Waals surface area contributed by atoms with E-state index in [4.69, 9.17) is 28.9 Å². The number of halogens is 3. The van der Waals surface area contributed by atoms with E-state index < -0.39 is 5.82 Å². The molecular weight excluding hydrogens is 490 g/mol. The lowest BCUT2D eigenvalue weighted by atomic mass is 9.95. The number of nitrogen functional groups attached to an aromatic ring is 1. The topological polar surface area (TPSA) is 84.9 Å². The van der Waals surface area contributed by atoms with E-state index in [0.29, 0.717) is 47.6 Å². The highest BCUT2D eigenvalue weighted by molar-refractivity contribution is 7.98. The number of aromatic nitrogens is 3. The van der Waals surface area contributed by atoms with Crippen LogP contribution in [0.5, 0.6) is 5.75 Å². The van der Waals surface area contributed by atoms with Gasteiger partial charge in [0, 0.05) is 27.6 Å². The van der Waals surface area contributed by atoms with Crippen LogP contribution in [0.25, 0.3) is 43.4 Å². The summed E-state index contributed by atoms with van der Waals surface area (Å²) in [5, 5.41) is 13.3. The van der Waals surface area contributed by atoms with E-state index in [1.54, 1.807) is 36.5 Å². The average molecular weight is 503 g/mol. The van der Waals surface area contributed by atoms with Crippen molar-refractivity contribution >= 4 is 73.1 Å². The molecule has 0 unspecified atom stereocenters. The van der Waals surface area contributed by atoms with Crippen molar-refractivity contribution in [3.63, 3.8) is 0 Å². The van der Waals surface area contributed by atoms with Gasteiger partial charge >= 0.3 is 0 Å². The molecule has 10 heteroatoms. The van der Waals surface area contributed by atoms with Crippen molar-refractivity contribution in [2.24, 2.45) is 0 Å². The molecule has 0 saturated carbocycles. The lowest BCUT2D eigenvalue weighted by Crippen LogP contribution is -1.98. The molecule has 0 fully saturated rings. The van der Waals surface area contributed by atoms with Crippen LogP contribution in [0.4, 0.5) is 9.52 Å². The lowest BCUT2D eigenvalue weighted by molar-refractivity contribution is 0.476. The molecule has 3 aromatic carbocycles.